The molecule has 4 aromatic heterocycles. The van der Waals surface area contributed by atoms with E-state index >= 15 is 0 Å². The molecule has 2 N–H and O–H groups in total. The Morgan fingerprint density at radius 3 is 2.73 bits per heavy atom. The number of nitrogens with zero attached hydrogens (tertiary/aromatic N) is 4. The highest BCUT2D eigenvalue weighted by Gasteiger charge is 2.26. The van der Waals surface area contributed by atoms with Crippen molar-refractivity contribution in [2.75, 3.05) is 31.2 Å². The molecule has 1 saturated heterocycles. The minimum atomic E-state index is -0.406. The number of aromatic nitrogens is 5. The molecule has 164 valence electrons. The normalized spacial score (nSPS) is 14.3. The molecule has 9 heteroatoms. The number of benzene rings is 1. The zero-order valence-electron chi connectivity index (χ0n) is 17.6. The Labute approximate surface area is 187 Å². The van der Waals surface area contributed by atoms with Crippen molar-refractivity contribution in [3.63, 3.8) is 0 Å². The van der Waals surface area contributed by atoms with Gasteiger partial charge in [-0.25, -0.2) is 4.39 Å². The van der Waals surface area contributed by atoms with Crippen LogP contribution in [0.4, 0.5) is 10.1 Å². The third-order valence-electron chi connectivity index (χ3n) is 5.99. The van der Waals surface area contributed by atoms with Gasteiger partial charge in [-0.05, 0) is 12.1 Å². The van der Waals surface area contributed by atoms with Crippen molar-refractivity contribution in [1.29, 1.82) is 0 Å². The highest BCUT2D eigenvalue weighted by molar-refractivity contribution is 6.04. The third-order valence-corrected chi connectivity index (χ3v) is 5.99. The molecule has 0 unspecified atom stereocenters. The summed E-state index contributed by atoms with van der Waals surface area (Å²) in [5.41, 5.74) is 3.86. The Kier molecular flexibility index (Phi) is 4.62. The number of fused-ring (bicyclic) bond motifs is 2. The fourth-order valence-electron chi connectivity index (χ4n) is 4.42. The summed E-state index contributed by atoms with van der Waals surface area (Å²) in [6.45, 7) is 2.82. The number of hydrogen-bond acceptors (Lipinski definition) is 5. The molecule has 0 atom stereocenters. The van der Waals surface area contributed by atoms with Gasteiger partial charge in [-0.15, -0.1) is 0 Å². The van der Waals surface area contributed by atoms with Crippen LogP contribution in [0.5, 0.6) is 0 Å². The molecule has 0 aliphatic carbocycles. The average molecular weight is 443 g/mol. The molecule has 0 spiro atoms. The minimum Gasteiger partial charge on any atom is -0.378 e. The van der Waals surface area contributed by atoms with Crippen LogP contribution in [0.3, 0.4) is 0 Å². The maximum atomic E-state index is 14.4. The summed E-state index contributed by atoms with van der Waals surface area (Å²) in [5.74, 6) is -0.406. The fourth-order valence-corrected chi connectivity index (χ4v) is 4.42. The molecule has 5 heterocycles. The first-order valence-corrected chi connectivity index (χ1v) is 10.7. The second-order valence-corrected chi connectivity index (χ2v) is 7.90. The number of hydrogen-bond donors (Lipinski definition) is 2. The first-order chi connectivity index (χ1) is 16.2. The molecule has 0 amide bonds. The number of halogens is 1. The number of rotatable bonds is 3. The number of anilines is 1. The summed E-state index contributed by atoms with van der Waals surface area (Å²) in [5, 5.41) is 7.33. The lowest BCUT2D eigenvalue weighted by atomic mass is 9.98. The van der Waals surface area contributed by atoms with Crippen LogP contribution in [-0.2, 0) is 4.74 Å². The van der Waals surface area contributed by atoms with E-state index in [0.29, 0.717) is 46.4 Å². The minimum absolute atomic E-state index is 0.268. The van der Waals surface area contributed by atoms with Gasteiger partial charge in [-0.3, -0.25) is 14.9 Å². The van der Waals surface area contributed by atoms with Crippen LogP contribution in [0.15, 0.2) is 66.0 Å². The number of aromatic amines is 2. The average Bonchev–Trinajstić information content (AvgIpc) is 3.35. The van der Waals surface area contributed by atoms with Gasteiger partial charge in [0.1, 0.15) is 16.9 Å². The first kappa shape index (κ1) is 19.6. The predicted octanol–water partition coefficient (Wildman–Crippen LogP) is 2.72. The number of H-pyrrole nitrogens is 2. The van der Waals surface area contributed by atoms with Crippen molar-refractivity contribution >= 4 is 27.6 Å². The molecule has 0 saturated carbocycles. The Morgan fingerprint density at radius 2 is 1.91 bits per heavy atom. The van der Waals surface area contributed by atoms with Gasteiger partial charge in [0.05, 0.1) is 42.4 Å². The number of ether oxygens (including phenoxy) is 1. The zero-order chi connectivity index (χ0) is 22.4. The van der Waals surface area contributed by atoms with Crippen LogP contribution in [0.25, 0.3) is 38.8 Å². The van der Waals surface area contributed by atoms with Gasteiger partial charge in [-0.2, -0.15) is 9.67 Å². The van der Waals surface area contributed by atoms with Crippen LogP contribution in [0, 0.1) is 5.82 Å². The molecule has 6 rings (SSSR count). The first-order valence-electron chi connectivity index (χ1n) is 10.7. The van der Waals surface area contributed by atoms with Gasteiger partial charge in [0.15, 0.2) is 12.4 Å². The molecule has 1 aliphatic rings. The van der Waals surface area contributed by atoms with Crippen LogP contribution >= 0.6 is 0 Å². The fraction of sp³-hybridized carbons (Fsp3) is 0.167. The van der Waals surface area contributed by atoms with Crippen molar-refractivity contribution in [3.05, 3.63) is 77.4 Å². The van der Waals surface area contributed by atoms with Gasteiger partial charge in [0.2, 0.25) is 0 Å². The highest BCUT2D eigenvalue weighted by Crippen LogP contribution is 2.35. The SMILES string of the molecule is O=c1[nH]c2cc(N3CCOCC3)cnc2c(-c2ccc(F)c3[nH]ncc23)c1-[n+]1ccccc1. The summed E-state index contributed by atoms with van der Waals surface area (Å²) in [6, 6.07) is 10.6. The van der Waals surface area contributed by atoms with Crippen molar-refractivity contribution in [3.8, 4) is 16.8 Å². The second kappa shape index (κ2) is 7.79. The maximum Gasteiger partial charge on any atom is 0.321 e. The third kappa shape index (κ3) is 3.25. The van der Waals surface area contributed by atoms with Crippen LogP contribution < -0.4 is 15.0 Å². The Morgan fingerprint density at radius 1 is 1.09 bits per heavy atom. The van der Waals surface area contributed by atoms with Crippen molar-refractivity contribution < 1.29 is 13.7 Å². The van der Waals surface area contributed by atoms with E-state index in [1.54, 1.807) is 29.2 Å². The van der Waals surface area contributed by atoms with E-state index < -0.39 is 5.82 Å². The van der Waals surface area contributed by atoms with Gasteiger partial charge in [-0.1, -0.05) is 12.1 Å². The van der Waals surface area contributed by atoms with E-state index in [1.807, 2.05) is 30.5 Å². The van der Waals surface area contributed by atoms with Crippen molar-refractivity contribution in [2.45, 2.75) is 0 Å². The molecule has 0 bridgehead atoms. The molecule has 5 aromatic rings. The van der Waals surface area contributed by atoms with Crippen LogP contribution in [0.2, 0.25) is 0 Å². The Balaban J connectivity index is 1.67. The van der Waals surface area contributed by atoms with Crippen LogP contribution in [-0.4, -0.2) is 46.5 Å². The Hall–Kier alpha value is -4.11. The molecular formula is C24H20FN6O2+. The largest absolute Gasteiger partial charge is 0.378 e. The lowest BCUT2D eigenvalue weighted by Crippen LogP contribution is -2.38. The van der Waals surface area contributed by atoms with Crippen molar-refractivity contribution in [1.82, 2.24) is 20.2 Å². The van der Waals surface area contributed by atoms with Crippen molar-refractivity contribution in [2.24, 2.45) is 0 Å². The smallest absolute Gasteiger partial charge is 0.321 e. The van der Waals surface area contributed by atoms with E-state index in [1.165, 1.54) is 6.07 Å². The number of pyridine rings is 3. The lowest BCUT2D eigenvalue weighted by molar-refractivity contribution is -0.596. The highest BCUT2D eigenvalue weighted by atomic mass is 19.1. The second-order valence-electron chi connectivity index (χ2n) is 7.90. The summed E-state index contributed by atoms with van der Waals surface area (Å²) in [4.78, 5) is 23.4. The Bertz CT molecular complexity index is 1540. The molecule has 1 aromatic carbocycles. The maximum absolute atomic E-state index is 14.4. The molecular weight excluding hydrogens is 423 g/mol. The van der Waals surface area contributed by atoms with Gasteiger partial charge in [0, 0.05) is 36.2 Å². The number of nitrogens with one attached hydrogen (secondary N) is 2. The zero-order valence-corrected chi connectivity index (χ0v) is 17.6. The molecule has 0 radical (unpaired) electrons. The van der Waals surface area contributed by atoms with Gasteiger partial charge < -0.3 is 14.6 Å². The molecule has 1 fully saturated rings. The monoisotopic (exact) mass is 443 g/mol. The number of morpholine rings is 1. The summed E-state index contributed by atoms with van der Waals surface area (Å²) in [7, 11) is 0. The predicted molar refractivity (Wildman–Crippen MR) is 122 cm³/mol. The standard InChI is InChI=1S/C24H19FN6O2/c25-18-5-4-16(17-14-27-29-21(17)18)20-22-19(12-15(13-26-22)30-8-10-33-11-9-30)28-24(32)23(20)31-6-2-1-3-7-31/h1-7,12-14H,8-11H2,(H-,27,28,29,32)/p+1. The van der Waals surface area contributed by atoms with E-state index in [2.05, 4.69) is 20.1 Å². The molecule has 1 aliphatic heterocycles. The van der Waals surface area contributed by atoms with E-state index in [9.17, 15) is 9.18 Å². The topological polar surface area (TPSA) is 90.8 Å². The summed E-state index contributed by atoms with van der Waals surface area (Å²) >= 11 is 0. The quantitative estimate of drug-likeness (QED) is 0.419. The van der Waals surface area contributed by atoms with Crippen LogP contribution in [0.1, 0.15) is 0 Å². The van der Waals surface area contributed by atoms with E-state index in [4.69, 9.17) is 9.72 Å². The lowest BCUT2D eigenvalue weighted by Gasteiger charge is -2.28. The molecule has 8 nitrogen and oxygen atoms in total. The summed E-state index contributed by atoms with van der Waals surface area (Å²) < 4.78 is 21.6. The van der Waals surface area contributed by atoms with Gasteiger partial charge >= 0.3 is 5.56 Å². The van der Waals surface area contributed by atoms with E-state index in [0.717, 1.165) is 18.8 Å². The van der Waals surface area contributed by atoms with E-state index in [-0.39, 0.29) is 11.1 Å². The molecule has 33 heavy (non-hydrogen) atoms. The van der Waals surface area contributed by atoms with Gasteiger partial charge in [0.25, 0.3) is 5.69 Å². The summed E-state index contributed by atoms with van der Waals surface area (Å²) in [6.07, 6.45) is 6.99.